The maximum atomic E-state index is 13.7. The van der Waals surface area contributed by atoms with E-state index < -0.39 is 96.9 Å². The molecule has 5 rings (SSSR count). The second kappa shape index (κ2) is 22.3. The smallest absolute Gasteiger partial charge is 0.330 e. The normalized spacial score (nSPS) is 48.6. The molecule has 1 spiro atoms. The van der Waals surface area contributed by atoms with Crippen molar-refractivity contribution in [2.24, 2.45) is 29.6 Å². The minimum absolute atomic E-state index is 0.0463. The van der Waals surface area contributed by atoms with Gasteiger partial charge in [-0.2, -0.15) is 0 Å². The molecular weight excluding hydrogens is 803 g/mol. The van der Waals surface area contributed by atoms with Crippen molar-refractivity contribution in [3.63, 3.8) is 0 Å². The third kappa shape index (κ3) is 12.9. The van der Waals surface area contributed by atoms with E-state index in [1.807, 2.05) is 53.6 Å². The Morgan fingerprint density at radius 2 is 1.61 bits per heavy atom. The monoisotopic (exact) mass is 884 g/mol. The van der Waals surface area contributed by atoms with Crippen LogP contribution in [0.3, 0.4) is 0 Å². The highest BCUT2D eigenvalue weighted by Crippen LogP contribution is 2.46. The number of carbonyl (C=O) groups excluding carboxylic acids is 1. The fourth-order valence-corrected chi connectivity index (χ4v) is 10.5. The van der Waals surface area contributed by atoms with Crippen LogP contribution in [0.4, 0.5) is 0 Å². The Morgan fingerprint density at radius 3 is 2.29 bits per heavy atom. The average Bonchev–Trinajstić information content (AvgIpc) is 3.20. The van der Waals surface area contributed by atoms with Gasteiger partial charge in [0.05, 0.1) is 61.0 Å². The number of fused-ring (bicyclic) bond motifs is 3. The molecule has 0 aliphatic carbocycles. The Labute approximate surface area is 369 Å². The average molecular weight is 884 g/mol. The lowest BCUT2D eigenvalue weighted by atomic mass is 9.79. The number of carbonyl (C=O) groups is 1. The van der Waals surface area contributed by atoms with Crippen LogP contribution in [0.25, 0.3) is 0 Å². The lowest BCUT2D eigenvalue weighted by Crippen LogP contribution is -2.57. The van der Waals surface area contributed by atoms with Crippen molar-refractivity contribution in [1.82, 2.24) is 4.90 Å². The van der Waals surface area contributed by atoms with E-state index in [1.165, 1.54) is 13.8 Å². The molecule has 358 valence electrons. The Balaban J connectivity index is 1.44. The van der Waals surface area contributed by atoms with Crippen molar-refractivity contribution < 1.29 is 69.0 Å². The predicted octanol–water partition coefficient (Wildman–Crippen LogP) is 3.71. The summed E-state index contributed by atoms with van der Waals surface area (Å²) < 4.78 is 38.5. The number of aliphatic hydroxyl groups excluding tert-OH is 6. The quantitative estimate of drug-likeness (QED) is 0.150. The molecule has 0 amide bonds. The first-order valence-corrected chi connectivity index (χ1v) is 23.5. The van der Waals surface area contributed by atoms with Gasteiger partial charge in [-0.15, -0.1) is 0 Å². The molecule has 1 unspecified atom stereocenters. The molecule has 2 bridgehead atoms. The first-order chi connectivity index (χ1) is 29.1. The van der Waals surface area contributed by atoms with Crippen molar-refractivity contribution in [3.05, 3.63) is 24.3 Å². The van der Waals surface area contributed by atoms with E-state index in [-0.39, 0.29) is 48.7 Å². The molecule has 15 heteroatoms. The van der Waals surface area contributed by atoms with Crippen LogP contribution in [-0.2, 0) is 33.2 Å². The summed E-state index contributed by atoms with van der Waals surface area (Å²) in [5.74, 6) is -3.76. The van der Waals surface area contributed by atoms with Gasteiger partial charge < -0.3 is 69.1 Å². The number of aliphatic hydroxyl groups is 7. The highest BCUT2D eigenvalue weighted by molar-refractivity contribution is 5.82. The van der Waals surface area contributed by atoms with Gasteiger partial charge in [0.1, 0.15) is 17.8 Å². The standard InChI is InChI=1S/C47H81NO14/c1-10-32(49)22-33-17-14-19-47(61-33)25-37-28(4)35(62-47)24-36-31(21-27(3)45(55)59-36)16-13-11-12-15-26(2)41(52)43(60-39-23-34(50)40(48(8)9)30(6)57-39)42(53)29(5)44(54)46(7,56)20-18-38(51)58-37/h13,16,18,20,26-37,39-45,49-50,52-56H,10-12,14-15,17,19,21-25H2,1-9H3/b16-13-,20-18+/t26-,27-,28-,29+,30-,31+,32+,33+,34-,35+,36+,37-,39-,40+,41-,42+,43+,44-,45?,46+,47+/m0/s1. The minimum atomic E-state index is -2.04. The number of esters is 1. The molecule has 4 saturated heterocycles. The van der Waals surface area contributed by atoms with Gasteiger partial charge in [0, 0.05) is 55.4 Å². The Morgan fingerprint density at radius 1 is 0.887 bits per heavy atom. The zero-order chi connectivity index (χ0) is 45.7. The second-order valence-corrected chi connectivity index (χ2v) is 20.0. The van der Waals surface area contributed by atoms with Crippen LogP contribution in [0.5, 0.6) is 0 Å². The van der Waals surface area contributed by atoms with E-state index in [9.17, 15) is 40.5 Å². The summed E-state index contributed by atoms with van der Waals surface area (Å²) in [6.45, 7) is 12.4. The van der Waals surface area contributed by atoms with Crippen molar-refractivity contribution in [2.75, 3.05) is 14.1 Å². The van der Waals surface area contributed by atoms with E-state index in [0.717, 1.165) is 25.0 Å². The number of nitrogens with zero attached hydrogens (tertiary/aromatic N) is 1. The van der Waals surface area contributed by atoms with Gasteiger partial charge in [-0.1, -0.05) is 46.8 Å². The Hall–Kier alpha value is -1.57. The van der Waals surface area contributed by atoms with Crippen LogP contribution in [0, 0.1) is 29.6 Å². The molecular formula is C47H81NO14. The van der Waals surface area contributed by atoms with Gasteiger partial charge in [0.15, 0.2) is 18.4 Å². The van der Waals surface area contributed by atoms with E-state index in [1.54, 1.807) is 0 Å². The van der Waals surface area contributed by atoms with Crippen LogP contribution in [0.15, 0.2) is 24.3 Å². The van der Waals surface area contributed by atoms with Gasteiger partial charge in [0.25, 0.3) is 0 Å². The van der Waals surface area contributed by atoms with E-state index >= 15 is 0 Å². The van der Waals surface area contributed by atoms with Crippen LogP contribution in [-0.4, -0.2) is 158 Å². The van der Waals surface area contributed by atoms with Crippen molar-refractivity contribution >= 4 is 5.97 Å². The summed E-state index contributed by atoms with van der Waals surface area (Å²) in [6.07, 6.45) is 1.91. The van der Waals surface area contributed by atoms with Gasteiger partial charge in [0.2, 0.25) is 0 Å². The summed E-state index contributed by atoms with van der Waals surface area (Å²) in [4.78, 5) is 15.6. The molecule has 0 aromatic carbocycles. The third-order valence-corrected chi connectivity index (χ3v) is 14.6. The van der Waals surface area contributed by atoms with Gasteiger partial charge in [-0.25, -0.2) is 4.79 Å². The maximum Gasteiger partial charge on any atom is 0.330 e. The molecule has 0 radical (unpaired) electrons. The molecule has 62 heavy (non-hydrogen) atoms. The number of hydrogen-bond acceptors (Lipinski definition) is 15. The first-order valence-electron chi connectivity index (χ1n) is 23.5. The van der Waals surface area contributed by atoms with Crippen LogP contribution < -0.4 is 0 Å². The minimum Gasteiger partial charge on any atom is -0.459 e. The second-order valence-electron chi connectivity index (χ2n) is 20.0. The van der Waals surface area contributed by atoms with Gasteiger partial charge >= 0.3 is 5.97 Å². The van der Waals surface area contributed by atoms with Gasteiger partial charge in [-0.05, 0) is 91.3 Å². The van der Waals surface area contributed by atoms with Crippen molar-refractivity contribution in [3.8, 4) is 0 Å². The van der Waals surface area contributed by atoms with Crippen LogP contribution in [0.1, 0.15) is 126 Å². The lowest BCUT2D eigenvalue weighted by molar-refractivity contribution is -0.345. The molecule has 0 aromatic heterocycles. The predicted molar refractivity (Wildman–Crippen MR) is 230 cm³/mol. The van der Waals surface area contributed by atoms with E-state index in [0.29, 0.717) is 51.4 Å². The zero-order valence-electron chi connectivity index (χ0n) is 38.7. The number of allylic oxidation sites excluding steroid dienone is 1. The number of rotatable bonds is 6. The Bertz CT molecular complexity index is 1450. The SMILES string of the molecule is CC[C@@H](O)C[C@H]1CCC[C@@]2(C[C@@H]3OC(=O)/C=C/[C@@](C)(O)[C@@H](O)[C@H](C)[C@@H](O)[C@H](O[C@H]4C[C@H](O)[C@H](N(C)C)[C@H](C)O4)[C@@H](O)[C@@H](C)CCC/C=C\[C@@H]4C[C@H](C)C(O)O[C@@H]4C[C@@H](O2)[C@@H]3C)O1. The molecule has 4 fully saturated rings. The number of hydrogen-bond donors (Lipinski definition) is 7. The van der Waals surface area contributed by atoms with E-state index in [2.05, 4.69) is 12.2 Å². The third-order valence-electron chi connectivity index (χ3n) is 14.6. The molecule has 21 atom stereocenters. The highest BCUT2D eigenvalue weighted by atomic mass is 16.7. The molecule has 5 aliphatic rings. The summed E-state index contributed by atoms with van der Waals surface area (Å²) in [5.41, 5.74) is -2.04. The fourth-order valence-electron chi connectivity index (χ4n) is 10.5. The lowest BCUT2D eigenvalue weighted by Gasteiger charge is -2.51. The number of ether oxygens (including phenoxy) is 6. The summed E-state index contributed by atoms with van der Waals surface area (Å²) in [7, 11) is 3.70. The van der Waals surface area contributed by atoms with Crippen molar-refractivity contribution in [2.45, 2.75) is 223 Å². The Kier molecular flexibility index (Phi) is 18.5. The van der Waals surface area contributed by atoms with E-state index in [4.69, 9.17) is 28.4 Å². The molecule has 15 nitrogen and oxygen atoms in total. The molecule has 5 aliphatic heterocycles. The topological polar surface area (TPSA) is 217 Å². The van der Waals surface area contributed by atoms with Crippen molar-refractivity contribution in [1.29, 1.82) is 0 Å². The zero-order valence-corrected chi connectivity index (χ0v) is 38.7. The molecule has 0 saturated carbocycles. The molecule has 7 N–H and O–H groups in total. The first kappa shape index (κ1) is 51.4. The summed E-state index contributed by atoms with van der Waals surface area (Å²) in [6, 6.07) is -0.294. The summed E-state index contributed by atoms with van der Waals surface area (Å²) >= 11 is 0. The fraction of sp³-hybridized carbons (Fsp3) is 0.894. The summed E-state index contributed by atoms with van der Waals surface area (Å²) in [5, 5.41) is 79.5. The van der Waals surface area contributed by atoms with Crippen LogP contribution >= 0.6 is 0 Å². The van der Waals surface area contributed by atoms with Crippen LogP contribution in [0.2, 0.25) is 0 Å². The molecule has 5 heterocycles. The van der Waals surface area contributed by atoms with Gasteiger partial charge in [-0.3, -0.25) is 0 Å². The maximum absolute atomic E-state index is 13.7. The number of likely N-dealkylation sites (N-methyl/N-ethyl adjacent to an activating group) is 1. The molecule has 0 aromatic rings. The highest BCUT2D eigenvalue weighted by Gasteiger charge is 2.52. The largest absolute Gasteiger partial charge is 0.459 e.